The first-order valence-electron chi connectivity index (χ1n) is 5.89. The van der Waals surface area contributed by atoms with E-state index in [2.05, 4.69) is 25.3 Å². The third-order valence-corrected chi connectivity index (χ3v) is 3.56. The Morgan fingerprint density at radius 1 is 1.40 bits per heavy atom. The topological polar surface area (TPSA) is 96.7 Å². The van der Waals surface area contributed by atoms with Crippen LogP contribution in [0.25, 0.3) is 11.2 Å². The van der Waals surface area contributed by atoms with Crippen LogP contribution in [0.3, 0.4) is 0 Å². The molecule has 0 bridgehead atoms. The number of imidazole rings is 1. The Labute approximate surface area is 118 Å². The summed E-state index contributed by atoms with van der Waals surface area (Å²) in [5.41, 5.74) is 1.34. The Morgan fingerprint density at radius 2 is 2.35 bits per heavy atom. The molecule has 0 atom stereocenters. The smallest absolute Gasteiger partial charge is 0.230 e. The zero-order valence-corrected chi connectivity index (χ0v) is 11.2. The molecule has 2 N–H and O–H groups in total. The Morgan fingerprint density at radius 3 is 3.20 bits per heavy atom. The van der Waals surface area contributed by atoms with Crippen molar-refractivity contribution in [1.29, 1.82) is 0 Å². The number of nitrogens with one attached hydrogen (secondary N) is 2. The van der Waals surface area contributed by atoms with Gasteiger partial charge in [0.15, 0.2) is 5.65 Å². The summed E-state index contributed by atoms with van der Waals surface area (Å²) in [4.78, 5) is 26.9. The minimum Gasteiger partial charge on any atom is -0.467 e. The highest BCUT2D eigenvalue weighted by Crippen LogP contribution is 2.21. The molecular formula is C12H11N5O2S. The van der Waals surface area contributed by atoms with Crippen LogP contribution in [0.5, 0.6) is 0 Å². The van der Waals surface area contributed by atoms with Gasteiger partial charge < -0.3 is 14.7 Å². The van der Waals surface area contributed by atoms with E-state index in [1.807, 2.05) is 6.07 Å². The number of carbonyl (C=O) groups is 1. The van der Waals surface area contributed by atoms with Gasteiger partial charge in [0.25, 0.3) is 0 Å². The van der Waals surface area contributed by atoms with Crippen LogP contribution in [0.1, 0.15) is 5.76 Å². The second-order valence-corrected chi connectivity index (χ2v) is 4.89. The van der Waals surface area contributed by atoms with Gasteiger partial charge in [0.1, 0.15) is 22.6 Å². The first kappa shape index (κ1) is 12.7. The van der Waals surface area contributed by atoms with E-state index in [1.54, 1.807) is 18.7 Å². The zero-order valence-electron chi connectivity index (χ0n) is 10.4. The predicted octanol–water partition coefficient (Wildman–Crippen LogP) is 1.35. The first-order valence-corrected chi connectivity index (χ1v) is 6.87. The molecule has 0 aliphatic heterocycles. The van der Waals surface area contributed by atoms with Gasteiger partial charge in [-0.3, -0.25) is 4.79 Å². The number of H-pyrrole nitrogens is 1. The van der Waals surface area contributed by atoms with E-state index in [4.69, 9.17) is 4.42 Å². The molecule has 8 heteroatoms. The number of furan rings is 1. The maximum atomic E-state index is 11.7. The molecular weight excluding hydrogens is 278 g/mol. The quantitative estimate of drug-likeness (QED) is 0.543. The van der Waals surface area contributed by atoms with Gasteiger partial charge >= 0.3 is 0 Å². The minimum atomic E-state index is -0.0855. The average Bonchev–Trinajstić information content (AvgIpc) is 3.13. The third-order valence-electron chi connectivity index (χ3n) is 2.57. The molecule has 0 aliphatic rings. The van der Waals surface area contributed by atoms with Crippen LogP contribution in [0, 0.1) is 0 Å². The van der Waals surface area contributed by atoms with Crippen molar-refractivity contribution in [3.8, 4) is 0 Å². The molecule has 7 nitrogen and oxygen atoms in total. The molecule has 0 radical (unpaired) electrons. The van der Waals surface area contributed by atoms with Crippen LogP contribution in [-0.2, 0) is 11.3 Å². The number of hydrogen-bond acceptors (Lipinski definition) is 6. The van der Waals surface area contributed by atoms with Crippen molar-refractivity contribution in [2.75, 3.05) is 5.75 Å². The highest BCUT2D eigenvalue weighted by Gasteiger charge is 2.09. The van der Waals surface area contributed by atoms with Crippen molar-refractivity contribution in [3.63, 3.8) is 0 Å². The number of aromatic nitrogens is 4. The van der Waals surface area contributed by atoms with Gasteiger partial charge in [-0.15, -0.1) is 0 Å². The van der Waals surface area contributed by atoms with Crippen LogP contribution in [-0.4, -0.2) is 31.6 Å². The molecule has 3 rings (SSSR count). The Hall–Kier alpha value is -2.35. The van der Waals surface area contributed by atoms with E-state index in [9.17, 15) is 4.79 Å². The van der Waals surface area contributed by atoms with Crippen molar-refractivity contribution in [1.82, 2.24) is 25.3 Å². The normalized spacial score (nSPS) is 10.8. The Balaban J connectivity index is 1.56. The maximum Gasteiger partial charge on any atom is 0.230 e. The first-order chi connectivity index (χ1) is 9.83. The number of hydrogen-bond donors (Lipinski definition) is 2. The standard InChI is InChI=1S/C12H11N5O2S/c18-9(13-4-8-2-1-3-19-8)5-20-12-10-11(15-6-14-10)16-7-17-12/h1-3,6-7H,4-5H2,(H,13,18)(H,14,15,16,17). The van der Waals surface area contributed by atoms with E-state index >= 15 is 0 Å². The summed E-state index contributed by atoms with van der Waals surface area (Å²) in [5.74, 6) is 0.908. The zero-order chi connectivity index (χ0) is 13.8. The lowest BCUT2D eigenvalue weighted by Gasteiger charge is -2.03. The lowest BCUT2D eigenvalue weighted by atomic mass is 10.4. The maximum absolute atomic E-state index is 11.7. The molecule has 102 valence electrons. The van der Waals surface area contributed by atoms with Gasteiger partial charge in [0.05, 0.1) is 24.9 Å². The summed E-state index contributed by atoms with van der Waals surface area (Å²) in [6.07, 6.45) is 4.57. The summed E-state index contributed by atoms with van der Waals surface area (Å²) in [7, 11) is 0. The van der Waals surface area contributed by atoms with Crippen molar-refractivity contribution in [2.45, 2.75) is 11.6 Å². The summed E-state index contributed by atoms with van der Waals surface area (Å²) in [6, 6.07) is 3.60. The van der Waals surface area contributed by atoms with Crippen LogP contribution < -0.4 is 5.32 Å². The minimum absolute atomic E-state index is 0.0855. The molecule has 0 fully saturated rings. The van der Waals surface area contributed by atoms with Gasteiger partial charge in [0.2, 0.25) is 5.91 Å². The molecule has 0 saturated carbocycles. The van der Waals surface area contributed by atoms with Crippen molar-refractivity contribution in [3.05, 3.63) is 36.8 Å². The molecule has 0 spiro atoms. The average molecular weight is 289 g/mol. The van der Waals surface area contributed by atoms with Gasteiger partial charge in [0, 0.05) is 0 Å². The van der Waals surface area contributed by atoms with E-state index in [1.165, 1.54) is 18.1 Å². The van der Waals surface area contributed by atoms with E-state index in [0.717, 1.165) is 11.3 Å². The van der Waals surface area contributed by atoms with Crippen molar-refractivity contribution >= 4 is 28.8 Å². The molecule has 3 aromatic rings. The molecule has 1 amide bonds. The SMILES string of the molecule is O=C(CSc1ncnc2nc[nH]c12)NCc1ccco1. The summed E-state index contributed by atoms with van der Waals surface area (Å²) in [5, 5.41) is 3.48. The summed E-state index contributed by atoms with van der Waals surface area (Å²) in [6.45, 7) is 0.385. The van der Waals surface area contributed by atoms with Gasteiger partial charge in [-0.2, -0.15) is 0 Å². The fourth-order valence-corrected chi connectivity index (χ4v) is 2.42. The molecule has 0 aliphatic carbocycles. The summed E-state index contributed by atoms with van der Waals surface area (Å²) >= 11 is 1.33. The molecule has 3 heterocycles. The predicted molar refractivity (Wildman–Crippen MR) is 73.0 cm³/mol. The molecule has 20 heavy (non-hydrogen) atoms. The molecule has 3 aromatic heterocycles. The van der Waals surface area contributed by atoms with E-state index < -0.39 is 0 Å². The fraction of sp³-hybridized carbons (Fsp3) is 0.167. The number of amides is 1. The van der Waals surface area contributed by atoms with E-state index in [-0.39, 0.29) is 11.7 Å². The second kappa shape index (κ2) is 5.74. The number of fused-ring (bicyclic) bond motifs is 1. The fourth-order valence-electron chi connectivity index (χ4n) is 1.64. The number of nitrogens with zero attached hydrogens (tertiary/aromatic N) is 3. The molecule has 0 aromatic carbocycles. The monoisotopic (exact) mass is 289 g/mol. The van der Waals surface area contributed by atoms with Gasteiger partial charge in [-0.1, -0.05) is 11.8 Å². The van der Waals surface area contributed by atoms with Crippen LogP contribution in [0.2, 0.25) is 0 Å². The number of thioether (sulfide) groups is 1. The number of rotatable bonds is 5. The van der Waals surface area contributed by atoms with Crippen molar-refractivity contribution < 1.29 is 9.21 Å². The third kappa shape index (κ3) is 2.80. The number of carbonyl (C=O) groups excluding carboxylic acids is 1. The van der Waals surface area contributed by atoms with Crippen LogP contribution in [0.4, 0.5) is 0 Å². The Bertz CT molecular complexity index is 710. The van der Waals surface area contributed by atoms with Crippen molar-refractivity contribution in [2.24, 2.45) is 0 Å². The molecule has 0 unspecified atom stereocenters. The van der Waals surface area contributed by atoms with E-state index in [0.29, 0.717) is 17.2 Å². The van der Waals surface area contributed by atoms with Crippen LogP contribution in [0.15, 0.2) is 40.5 Å². The lowest BCUT2D eigenvalue weighted by Crippen LogP contribution is -2.24. The van der Waals surface area contributed by atoms with Gasteiger partial charge in [-0.05, 0) is 12.1 Å². The largest absolute Gasteiger partial charge is 0.467 e. The van der Waals surface area contributed by atoms with Gasteiger partial charge in [-0.25, -0.2) is 15.0 Å². The summed E-state index contributed by atoms with van der Waals surface area (Å²) < 4.78 is 5.14. The second-order valence-electron chi connectivity index (χ2n) is 3.92. The molecule has 0 saturated heterocycles. The highest BCUT2D eigenvalue weighted by molar-refractivity contribution is 8.00. The van der Waals surface area contributed by atoms with Crippen LogP contribution >= 0.6 is 11.8 Å². The lowest BCUT2D eigenvalue weighted by molar-refractivity contribution is -0.118. The highest BCUT2D eigenvalue weighted by atomic mass is 32.2. The Kier molecular flexibility index (Phi) is 3.64. The number of aromatic amines is 1.